The summed E-state index contributed by atoms with van der Waals surface area (Å²) in [4.78, 5) is 15.2. The number of ether oxygens (including phenoxy) is 1. The quantitative estimate of drug-likeness (QED) is 0.919. The van der Waals surface area contributed by atoms with Crippen LogP contribution in [0.5, 0.6) is 5.75 Å². The van der Waals surface area contributed by atoms with Crippen LogP contribution in [-0.2, 0) is 5.54 Å². The maximum absolute atomic E-state index is 13.3. The van der Waals surface area contributed by atoms with Crippen molar-refractivity contribution in [2.75, 3.05) is 26.7 Å². The molecule has 1 aromatic carbocycles. The summed E-state index contributed by atoms with van der Waals surface area (Å²) in [5.41, 5.74) is 2.35. The number of aromatic nitrogens is 2. The molecule has 140 valence electrons. The van der Waals surface area contributed by atoms with Gasteiger partial charge in [-0.15, -0.1) is 0 Å². The lowest BCUT2D eigenvalue weighted by Gasteiger charge is -2.36. The highest BCUT2D eigenvalue weighted by molar-refractivity contribution is 5.93. The maximum atomic E-state index is 13.3. The monoisotopic (exact) mass is 356 g/mol. The Bertz CT molecular complexity index is 791. The summed E-state index contributed by atoms with van der Waals surface area (Å²) in [7, 11) is 1.66. The molecule has 1 N–H and O–H groups in total. The van der Waals surface area contributed by atoms with E-state index in [4.69, 9.17) is 4.74 Å². The first-order valence-corrected chi connectivity index (χ1v) is 9.04. The number of hydrogen-bond acceptors (Lipinski definition) is 4. The van der Waals surface area contributed by atoms with E-state index in [1.807, 2.05) is 46.8 Å². The molecule has 0 aliphatic carbocycles. The third-order valence-corrected chi connectivity index (χ3v) is 4.74. The van der Waals surface area contributed by atoms with Crippen LogP contribution in [0.25, 0.3) is 0 Å². The van der Waals surface area contributed by atoms with Gasteiger partial charge in [0.2, 0.25) is 0 Å². The van der Waals surface area contributed by atoms with Crippen LogP contribution in [0.3, 0.4) is 0 Å². The van der Waals surface area contributed by atoms with Crippen LogP contribution in [0.4, 0.5) is 0 Å². The summed E-state index contributed by atoms with van der Waals surface area (Å²) in [6, 6.07) is 9.69. The van der Waals surface area contributed by atoms with Crippen molar-refractivity contribution in [3.63, 3.8) is 0 Å². The van der Waals surface area contributed by atoms with E-state index in [-0.39, 0.29) is 17.5 Å². The zero-order chi connectivity index (χ0) is 18.9. The van der Waals surface area contributed by atoms with E-state index in [9.17, 15) is 4.79 Å². The Morgan fingerprint density at radius 2 is 2.04 bits per heavy atom. The Morgan fingerprint density at radius 3 is 2.69 bits per heavy atom. The fourth-order valence-corrected chi connectivity index (χ4v) is 3.57. The third kappa shape index (κ3) is 3.46. The zero-order valence-electron chi connectivity index (χ0n) is 16.2. The third-order valence-electron chi connectivity index (χ3n) is 4.74. The van der Waals surface area contributed by atoms with E-state index in [1.54, 1.807) is 7.11 Å². The molecule has 1 fully saturated rings. The Labute approximate surface area is 155 Å². The molecule has 0 bridgehead atoms. The first-order chi connectivity index (χ1) is 12.3. The van der Waals surface area contributed by atoms with Crippen LogP contribution in [0.15, 0.2) is 30.3 Å². The molecule has 3 rings (SSSR count). The van der Waals surface area contributed by atoms with Crippen molar-refractivity contribution in [2.24, 2.45) is 0 Å². The average Bonchev–Trinajstić information content (AvgIpc) is 3.03. The van der Waals surface area contributed by atoms with Gasteiger partial charge in [-0.2, -0.15) is 5.10 Å². The average molecular weight is 356 g/mol. The van der Waals surface area contributed by atoms with Gasteiger partial charge < -0.3 is 15.0 Å². The van der Waals surface area contributed by atoms with Crippen molar-refractivity contribution >= 4 is 5.91 Å². The van der Waals surface area contributed by atoms with E-state index in [2.05, 4.69) is 31.2 Å². The number of nitrogens with one attached hydrogen (secondary N) is 1. The highest BCUT2D eigenvalue weighted by atomic mass is 16.5. The molecule has 2 heterocycles. The first-order valence-electron chi connectivity index (χ1n) is 9.04. The maximum Gasteiger partial charge on any atom is 0.274 e. The largest absolute Gasteiger partial charge is 0.496 e. The van der Waals surface area contributed by atoms with Gasteiger partial charge in [0.05, 0.1) is 18.7 Å². The zero-order valence-corrected chi connectivity index (χ0v) is 16.2. The number of carbonyl (C=O) groups excluding carboxylic acids is 1. The summed E-state index contributed by atoms with van der Waals surface area (Å²) in [6.07, 6.45) is 0. The summed E-state index contributed by atoms with van der Waals surface area (Å²) >= 11 is 0. The van der Waals surface area contributed by atoms with Crippen LogP contribution >= 0.6 is 0 Å². The normalized spacial score (nSPS) is 18.0. The van der Waals surface area contributed by atoms with Gasteiger partial charge in [-0.25, -0.2) is 0 Å². The molecular weight excluding hydrogens is 328 g/mol. The van der Waals surface area contributed by atoms with Crippen molar-refractivity contribution in [1.82, 2.24) is 20.0 Å². The molecule has 6 heteroatoms. The van der Waals surface area contributed by atoms with E-state index in [0.29, 0.717) is 18.8 Å². The Kier molecular flexibility index (Phi) is 5.05. The number of hydrogen-bond donors (Lipinski definition) is 1. The van der Waals surface area contributed by atoms with Gasteiger partial charge >= 0.3 is 0 Å². The van der Waals surface area contributed by atoms with Crippen molar-refractivity contribution < 1.29 is 9.53 Å². The predicted molar refractivity (Wildman–Crippen MR) is 102 cm³/mol. The number of methoxy groups -OCH3 is 1. The Hall–Kier alpha value is -2.34. The van der Waals surface area contributed by atoms with Gasteiger partial charge in [-0.05, 0) is 39.8 Å². The second-order valence-electron chi connectivity index (χ2n) is 7.71. The Balaban J connectivity index is 1.94. The van der Waals surface area contributed by atoms with Gasteiger partial charge in [0.25, 0.3) is 5.91 Å². The highest BCUT2D eigenvalue weighted by Crippen LogP contribution is 2.31. The van der Waals surface area contributed by atoms with E-state index >= 15 is 0 Å². The first kappa shape index (κ1) is 18.5. The standard InChI is InChI=1S/C20H28N4O2/c1-14-12-16(22-24(14)20(2,3)4)19(25)23-11-10-21-13-17(23)15-8-6-7-9-18(15)26-5/h6-9,12,17,21H,10-11,13H2,1-5H3. The topological polar surface area (TPSA) is 59.4 Å². The number of benzene rings is 1. The van der Waals surface area contributed by atoms with Crippen LogP contribution in [-0.4, -0.2) is 47.3 Å². The van der Waals surface area contributed by atoms with Gasteiger partial charge in [-0.3, -0.25) is 9.48 Å². The van der Waals surface area contributed by atoms with Gasteiger partial charge in [0.15, 0.2) is 5.69 Å². The molecule has 2 aromatic rings. The SMILES string of the molecule is COc1ccccc1C1CNCCN1C(=O)c1cc(C)n(C(C)(C)C)n1. The number of amides is 1. The number of carbonyl (C=O) groups is 1. The van der Waals surface area contributed by atoms with E-state index < -0.39 is 0 Å². The molecule has 6 nitrogen and oxygen atoms in total. The summed E-state index contributed by atoms with van der Waals surface area (Å²) in [5, 5.41) is 7.99. The second kappa shape index (κ2) is 7.11. The summed E-state index contributed by atoms with van der Waals surface area (Å²) in [5.74, 6) is 0.768. The van der Waals surface area contributed by atoms with Gasteiger partial charge in [-0.1, -0.05) is 18.2 Å². The molecule has 1 unspecified atom stereocenters. The van der Waals surface area contributed by atoms with Crippen LogP contribution in [0.2, 0.25) is 0 Å². The van der Waals surface area contributed by atoms with Gasteiger partial charge in [0.1, 0.15) is 5.75 Å². The minimum absolute atomic E-state index is 0.0338. The number of rotatable bonds is 3. The molecular formula is C20H28N4O2. The van der Waals surface area contributed by atoms with Gasteiger partial charge in [0, 0.05) is 30.9 Å². The second-order valence-corrected chi connectivity index (χ2v) is 7.71. The number of para-hydroxylation sites is 1. The molecule has 0 saturated carbocycles. The lowest BCUT2D eigenvalue weighted by atomic mass is 10.0. The molecule has 1 amide bonds. The molecule has 1 aliphatic rings. The predicted octanol–water partition coefficient (Wildman–Crippen LogP) is 2.74. The lowest BCUT2D eigenvalue weighted by Crippen LogP contribution is -2.49. The van der Waals surface area contributed by atoms with Crippen molar-refractivity contribution in [3.8, 4) is 5.75 Å². The van der Waals surface area contributed by atoms with Crippen LogP contribution in [0, 0.1) is 6.92 Å². The van der Waals surface area contributed by atoms with Crippen molar-refractivity contribution in [3.05, 3.63) is 47.3 Å². The molecule has 26 heavy (non-hydrogen) atoms. The number of piperazine rings is 1. The lowest BCUT2D eigenvalue weighted by molar-refractivity contribution is 0.0624. The molecule has 1 atom stereocenters. The molecule has 1 aromatic heterocycles. The molecule has 0 radical (unpaired) electrons. The van der Waals surface area contributed by atoms with Crippen LogP contribution in [0.1, 0.15) is 48.6 Å². The molecule has 1 aliphatic heterocycles. The van der Waals surface area contributed by atoms with Crippen molar-refractivity contribution in [2.45, 2.75) is 39.3 Å². The molecule has 0 spiro atoms. The van der Waals surface area contributed by atoms with E-state index in [0.717, 1.165) is 23.6 Å². The number of nitrogens with zero attached hydrogens (tertiary/aromatic N) is 3. The van der Waals surface area contributed by atoms with E-state index in [1.165, 1.54) is 0 Å². The fourth-order valence-electron chi connectivity index (χ4n) is 3.57. The smallest absolute Gasteiger partial charge is 0.274 e. The summed E-state index contributed by atoms with van der Waals surface area (Å²) < 4.78 is 7.43. The van der Waals surface area contributed by atoms with Crippen LogP contribution < -0.4 is 10.1 Å². The summed E-state index contributed by atoms with van der Waals surface area (Å²) in [6.45, 7) is 10.4. The minimum atomic E-state index is -0.159. The highest BCUT2D eigenvalue weighted by Gasteiger charge is 2.32. The minimum Gasteiger partial charge on any atom is -0.496 e. The Morgan fingerprint density at radius 1 is 1.31 bits per heavy atom. The fraction of sp³-hybridized carbons (Fsp3) is 0.500. The molecule has 1 saturated heterocycles. The number of aryl methyl sites for hydroxylation is 1. The van der Waals surface area contributed by atoms with Crippen molar-refractivity contribution in [1.29, 1.82) is 0 Å².